The van der Waals surface area contributed by atoms with Crippen molar-refractivity contribution in [1.82, 2.24) is 4.90 Å². The van der Waals surface area contributed by atoms with Crippen LogP contribution in [0.25, 0.3) is 0 Å². The molecule has 20 heavy (non-hydrogen) atoms. The molecule has 0 bridgehead atoms. The number of nitrogens with two attached hydrogens (primary N) is 1. The summed E-state index contributed by atoms with van der Waals surface area (Å²) < 4.78 is 10.3. The first kappa shape index (κ1) is 16.9. The number of aliphatic hydroxyl groups is 1. The molecule has 0 heterocycles. The van der Waals surface area contributed by atoms with Crippen LogP contribution in [-0.4, -0.2) is 56.6 Å². The second kappa shape index (κ2) is 8.92. The van der Waals surface area contributed by atoms with Crippen molar-refractivity contribution in [3.63, 3.8) is 0 Å². The van der Waals surface area contributed by atoms with Gasteiger partial charge in [-0.25, -0.2) is 0 Å². The van der Waals surface area contributed by atoms with Crippen LogP contribution in [0.1, 0.15) is 18.6 Å². The fraction of sp³-hybridized carbons (Fsp3) is 0.600. The lowest BCUT2D eigenvalue weighted by atomic mass is 10.1. The van der Waals surface area contributed by atoms with Crippen molar-refractivity contribution in [3.05, 3.63) is 29.8 Å². The molecule has 0 radical (unpaired) electrons. The summed E-state index contributed by atoms with van der Waals surface area (Å²) in [5.74, 6) is 0. The Bertz CT molecular complexity index is 387. The largest absolute Gasteiger partial charge is 0.398 e. The van der Waals surface area contributed by atoms with Gasteiger partial charge in [-0.2, -0.15) is 0 Å². The number of benzene rings is 1. The standard InChI is InChI=1S/C15H26N2O3/c1-12(11-20-3)17(8-9-19-2)10-15(18)13-6-4-5-7-14(13)16/h4-7,12,15,18H,8-11,16H2,1-3H3. The quantitative estimate of drug-likeness (QED) is 0.668. The summed E-state index contributed by atoms with van der Waals surface area (Å²) in [4.78, 5) is 2.14. The Balaban J connectivity index is 2.70. The zero-order chi connectivity index (χ0) is 15.0. The molecule has 0 aliphatic rings. The maximum Gasteiger partial charge on any atom is 0.0936 e. The number of ether oxygens (including phenoxy) is 2. The molecule has 5 heteroatoms. The van der Waals surface area contributed by atoms with E-state index in [4.69, 9.17) is 15.2 Å². The van der Waals surface area contributed by atoms with Gasteiger partial charge in [0.2, 0.25) is 0 Å². The van der Waals surface area contributed by atoms with E-state index in [-0.39, 0.29) is 6.04 Å². The molecule has 0 amide bonds. The minimum Gasteiger partial charge on any atom is -0.398 e. The third-order valence-electron chi connectivity index (χ3n) is 3.38. The van der Waals surface area contributed by atoms with Crippen molar-refractivity contribution >= 4 is 5.69 Å². The Morgan fingerprint density at radius 1 is 1.25 bits per heavy atom. The lowest BCUT2D eigenvalue weighted by Crippen LogP contribution is -2.41. The molecule has 3 N–H and O–H groups in total. The molecule has 114 valence electrons. The van der Waals surface area contributed by atoms with Gasteiger partial charge in [-0.15, -0.1) is 0 Å². The van der Waals surface area contributed by atoms with Crippen LogP contribution in [0.2, 0.25) is 0 Å². The van der Waals surface area contributed by atoms with Gasteiger partial charge < -0.3 is 20.3 Å². The second-order valence-corrected chi connectivity index (χ2v) is 4.94. The molecule has 0 fully saturated rings. The van der Waals surface area contributed by atoms with E-state index in [1.54, 1.807) is 20.3 Å². The van der Waals surface area contributed by atoms with Crippen LogP contribution in [0.15, 0.2) is 24.3 Å². The highest BCUT2D eigenvalue weighted by Crippen LogP contribution is 2.21. The summed E-state index contributed by atoms with van der Waals surface area (Å²) in [6.07, 6.45) is -0.618. The summed E-state index contributed by atoms with van der Waals surface area (Å²) in [5, 5.41) is 10.4. The second-order valence-electron chi connectivity index (χ2n) is 4.94. The Morgan fingerprint density at radius 2 is 1.95 bits per heavy atom. The molecule has 1 rings (SSSR count). The van der Waals surface area contributed by atoms with Crippen LogP contribution in [0, 0.1) is 0 Å². The molecule has 0 aliphatic carbocycles. The molecular weight excluding hydrogens is 256 g/mol. The van der Waals surface area contributed by atoms with E-state index in [9.17, 15) is 5.11 Å². The first-order valence-electron chi connectivity index (χ1n) is 6.84. The summed E-state index contributed by atoms with van der Waals surface area (Å²) in [7, 11) is 3.35. The highest BCUT2D eigenvalue weighted by atomic mass is 16.5. The third-order valence-corrected chi connectivity index (χ3v) is 3.38. The van der Waals surface area contributed by atoms with E-state index in [1.807, 2.05) is 18.2 Å². The number of nitrogens with zero attached hydrogens (tertiary/aromatic N) is 1. The van der Waals surface area contributed by atoms with E-state index in [2.05, 4.69) is 11.8 Å². The average molecular weight is 282 g/mol. The summed E-state index contributed by atoms with van der Waals surface area (Å²) >= 11 is 0. The summed E-state index contributed by atoms with van der Waals surface area (Å²) in [6.45, 7) is 4.54. The van der Waals surface area contributed by atoms with E-state index >= 15 is 0 Å². The molecule has 0 spiro atoms. The van der Waals surface area contributed by atoms with Crippen LogP contribution in [0.4, 0.5) is 5.69 Å². The van der Waals surface area contributed by atoms with Crippen molar-refractivity contribution in [2.45, 2.75) is 19.1 Å². The zero-order valence-corrected chi connectivity index (χ0v) is 12.6. The number of hydrogen-bond donors (Lipinski definition) is 2. The predicted molar refractivity (Wildman–Crippen MR) is 80.6 cm³/mol. The van der Waals surface area contributed by atoms with Crippen molar-refractivity contribution in [1.29, 1.82) is 0 Å². The minimum absolute atomic E-state index is 0.203. The number of hydrogen-bond acceptors (Lipinski definition) is 5. The summed E-state index contributed by atoms with van der Waals surface area (Å²) in [6, 6.07) is 7.61. The first-order valence-corrected chi connectivity index (χ1v) is 6.84. The number of rotatable bonds is 9. The third kappa shape index (κ3) is 5.09. The number of anilines is 1. The topological polar surface area (TPSA) is 68.0 Å². The van der Waals surface area contributed by atoms with Gasteiger partial charge in [0.15, 0.2) is 0 Å². The molecule has 0 saturated heterocycles. The fourth-order valence-corrected chi connectivity index (χ4v) is 2.18. The Kier molecular flexibility index (Phi) is 7.54. The van der Waals surface area contributed by atoms with Gasteiger partial charge in [-0.1, -0.05) is 18.2 Å². The van der Waals surface area contributed by atoms with E-state index in [0.717, 1.165) is 12.1 Å². The van der Waals surface area contributed by atoms with E-state index in [0.29, 0.717) is 25.4 Å². The molecule has 2 unspecified atom stereocenters. The minimum atomic E-state index is -0.618. The van der Waals surface area contributed by atoms with Crippen molar-refractivity contribution in [2.75, 3.05) is 46.3 Å². The Morgan fingerprint density at radius 3 is 2.55 bits per heavy atom. The van der Waals surface area contributed by atoms with Gasteiger partial charge in [0, 0.05) is 44.6 Å². The fourth-order valence-electron chi connectivity index (χ4n) is 2.18. The molecule has 0 saturated carbocycles. The number of aliphatic hydroxyl groups excluding tert-OH is 1. The SMILES string of the molecule is COCCN(CC(O)c1ccccc1N)C(C)COC. The monoisotopic (exact) mass is 282 g/mol. The molecule has 2 atom stereocenters. The van der Waals surface area contributed by atoms with Crippen LogP contribution >= 0.6 is 0 Å². The lowest BCUT2D eigenvalue weighted by molar-refractivity contribution is 0.0388. The average Bonchev–Trinajstić information content (AvgIpc) is 2.43. The van der Waals surface area contributed by atoms with Crippen LogP contribution in [0.5, 0.6) is 0 Å². The van der Waals surface area contributed by atoms with Gasteiger partial charge in [0.1, 0.15) is 0 Å². The van der Waals surface area contributed by atoms with Crippen molar-refractivity contribution in [3.8, 4) is 0 Å². The van der Waals surface area contributed by atoms with E-state index < -0.39 is 6.10 Å². The Labute approximate surface area is 121 Å². The van der Waals surface area contributed by atoms with Crippen molar-refractivity contribution < 1.29 is 14.6 Å². The van der Waals surface area contributed by atoms with Crippen LogP contribution in [-0.2, 0) is 9.47 Å². The van der Waals surface area contributed by atoms with Gasteiger partial charge in [-0.05, 0) is 13.0 Å². The van der Waals surface area contributed by atoms with Gasteiger partial charge >= 0.3 is 0 Å². The molecule has 1 aromatic rings. The van der Waals surface area contributed by atoms with Gasteiger partial charge in [0.25, 0.3) is 0 Å². The number of para-hydroxylation sites is 1. The lowest BCUT2D eigenvalue weighted by Gasteiger charge is -2.30. The van der Waals surface area contributed by atoms with E-state index in [1.165, 1.54) is 0 Å². The molecule has 0 aliphatic heterocycles. The zero-order valence-electron chi connectivity index (χ0n) is 12.6. The van der Waals surface area contributed by atoms with Gasteiger partial charge in [-0.3, -0.25) is 4.90 Å². The molecule has 1 aromatic carbocycles. The normalized spacial score (nSPS) is 14.4. The number of nitrogen functional groups attached to an aromatic ring is 1. The van der Waals surface area contributed by atoms with Gasteiger partial charge in [0.05, 0.1) is 19.3 Å². The van der Waals surface area contributed by atoms with Crippen LogP contribution < -0.4 is 5.73 Å². The first-order chi connectivity index (χ1) is 9.60. The van der Waals surface area contributed by atoms with Crippen molar-refractivity contribution in [2.24, 2.45) is 0 Å². The molecule has 5 nitrogen and oxygen atoms in total. The maximum absolute atomic E-state index is 10.4. The highest BCUT2D eigenvalue weighted by molar-refractivity contribution is 5.47. The molecular formula is C15H26N2O3. The Hall–Kier alpha value is -1.14. The molecule has 0 aromatic heterocycles. The predicted octanol–water partition coefficient (Wildman–Crippen LogP) is 1.29. The van der Waals surface area contributed by atoms with Crippen LogP contribution in [0.3, 0.4) is 0 Å². The summed E-state index contributed by atoms with van der Waals surface area (Å²) in [5.41, 5.74) is 7.28. The smallest absolute Gasteiger partial charge is 0.0936 e. The maximum atomic E-state index is 10.4. The number of methoxy groups -OCH3 is 2. The highest BCUT2D eigenvalue weighted by Gasteiger charge is 2.19.